The topological polar surface area (TPSA) is 94.5 Å². The van der Waals surface area contributed by atoms with Crippen molar-refractivity contribution in [3.63, 3.8) is 0 Å². The number of nitrogens with zero attached hydrogens (tertiary/aromatic N) is 5. The molecule has 1 unspecified atom stereocenters. The van der Waals surface area contributed by atoms with E-state index >= 15 is 0 Å². The highest BCUT2D eigenvalue weighted by molar-refractivity contribution is 7.22. The summed E-state index contributed by atoms with van der Waals surface area (Å²) in [5.41, 5.74) is 8.77. The van der Waals surface area contributed by atoms with Crippen LogP contribution in [0.3, 0.4) is 0 Å². The molecule has 3 heterocycles. The lowest BCUT2D eigenvalue weighted by molar-refractivity contribution is 0.604. The quantitative estimate of drug-likeness (QED) is 0.342. The molecule has 1 atom stereocenters. The van der Waals surface area contributed by atoms with Crippen molar-refractivity contribution in [1.82, 2.24) is 25.0 Å². The van der Waals surface area contributed by atoms with Gasteiger partial charge in [0.05, 0.1) is 23.8 Å². The molecule has 0 aliphatic heterocycles. The molecule has 0 fully saturated rings. The van der Waals surface area contributed by atoms with Crippen molar-refractivity contribution in [2.45, 2.75) is 19.5 Å². The van der Waals surface area contributed by atoms with Crippen LogP contribution < -0.4 is 11.1 Å². The number of fused-ring (bicyclic) bond motifs is 1. The first-order chi connectivity index (χ1) is 16.5. The van der Waals surface area contributed by atoms with Crippen LogP contribution in [-0.2, 0) is 6.54 Å². The second-order valence-corrected chi connectivity index (χ2v) is 8.89. The fourth-order valence-electron chi connectivity index (χ4n) is 3.81. The summed E-state index contributed by atoms with van der Waals surface area (Å²) in [6, 6.07) is 12.0. The Bertz CT molecular complexity index is 1450. The number of anilines is 1. The number of rotatable bonds is 7. The van der Waals surface area contributed by atoms with Crippen LogP contribution in [0.15, 0.2) is 61.1 Å². The van der Waals surface area contributed by atoms with Crippen LogP contribution in [0, 0.1) is 11.6 Å². The van der Waals surface area contributed by atoms with E-state index in [0.29, 0.717) is 23.9 Å². The zero-order valence-corrected chi connectivity index (χ0v) is 19.1. The molecule has 7 nitrogen and oxygen atoms in total. The summed E-state index contributed by atoms with van der Waals surface area (Å²) < 4.78 is 31.5. The van der Waals surface area contributed by atoms with Gasteiger partial charge in [-0.2, -0.15) is 0 Å². The average Bonchev–Trinajstić information content (AvgIpc) is 3.49. The highest BCUT2D eigenvalue weighted by Crippen LogP contribution is 2.41. The number of hydrogen-bond acceptors (Lipinski definition) is 7. The number of aromatic nitrogens is 5. The maximum atomic E-state index is 14.7. The summed E-state index contributed by atoms with van der Waals surface area (Å²) in [5.74, 6) is -0.535. The maximum absolute atomic E-state index is 14.7. The van der Waals surface area contributed by atoms with Gasteiger partial charge >= 0.3 is 0 Å². The predicted octanol–water partition coefficient (Wildman–Crippen LogP) is 5.03. The summed E-state index contributed by atoms with van der Waals surface area (Å²) in [6.07, 6.45) is 4.51. The molecule has 172 valence electrons. The van der Waals surface area contributed by atoms with Crippen molar-refractivity contribution in [1.29, 1.82) is 0 Å². The molecule has 0 bridgehead atoms. The Balaban J connectivity index is 1.51. The Labute approximate surface area is 198 Å². The molecule has 34 heavy (non-hydrogen) atoms. The van der Waals surface area contributed by atoms with Gasteiger partial charge in [0, 0.05) is 23.5 Å². The van der Waals surface area contributed by atoms with E-state index in [4.69, 9.17) is 5.73 Å². The first-order valence-corrected chi connectivity index (χ1v) is 11.5. The molecule has 2 aromatic carbocycles. The van der Waals surface area contributed by atoms with E-state index in [-0.39, 0.29) is 17.6 Å². The Morgan fingerprint density at radius 1 is 1.15 bits per heavy atom. The number of benzene rings is 2. The molecule has 3 aromatic heterocycles. The minimum absolute atomic E-state index is 0.206. The van der Waals surface area contributed by atoms with Gasteiger partial charge in [0.2, 0.25) is 5.95 Å². The molecule has 0 radical (unpaired) electrons. The Kier molecular flexibility index (Phi) is 5.99. The molecule has 3 N–H and O–H groups in total. The molecule has 5 rings (SSSR count). The summed E-state index contributed by atoms with van der Waals surface area (Å²) in [5, 5.41) is 11.7. The Hall–Kier alpha value is -3.76. The van der Waals surface area contributed by atoms with Crippen LogP contribution in [0.4, 0.5) is 14.7 Å². The third-order valence-electron chi connectivity index (χ3n) is 5.41. The zero-order valence-electron chi connectivity index (χ0n) is 18.2. The monoisotopic (exact) mass is 477 g/mol. The van der Waals surface area contributed by atoms with Crippen LogP contribution in [0.2, 0.25) is 0 Å². The van der Waals surface area contributed by atoms with Crippen molar-refractivity contribution >= 4 is 27.4 Å². The molecule has 0 saturated carbocycles. The highest BCUT2D eigenvalue weighted by Gasteiger charge is 2.17. The molecule has 10 heteroatoms. The van der Waals surface area contributed by atoms with Crippen LogP contribution in [-0.4, -0.2) is 31.5 Å². The predicted molar refractivity (Wildman–Crippen MR) is 129 cm³/mol. The molecular weight excluding hydrogens is 456 g/mol. The first kappa shape index (κ1) is 22.1. The summed E-state index contributed by atoms with van der Waals surface area (Å²) in [6.45, 7) is 2.94. The first-order valence-electron chi connectivity index (χ1n) is 10.7. The summed E-state index contributed by atoms with van der Waals surface area (Å²) >= 11 is 1.40. The van der Waals surface area contributed by atoms with E-state index in [1.54, 1.807) is 23.1 Å². The van der Waals surface area contributed by atoms with Crippen LogP contribution in [0.25, 0.3) is 31.8 Å². The highest BCUT2D eigenvalue weighted by atomic mass is 32.1. The van der Waals surface area contributed by atoms with E-state index in [9.17, 15) is 8.78 Å². The van der Waals surface area contributed by atoms with Gasteiger partial charge in [-0.05, 0) is 47.2 Å². The summed E-state index contributed by atoms with van der Waals surface area (Å²) in [7, 11) is 0. The maximum Gasteiger partial charge on any atom is 0.223 e. The van der Waals surface area contributed by atoms with Crippen LogP contribution >= 0.6 is 11.3 Å². The second kappa shape index (κ2) is 9.24. The lowest BCUT2D eigenvalue weighted by Gasteiger charge is -2.14. The van der Waals surface area contributed by atoms with Crippen molar-refractivity contribution in [3.8, 4) is 21.7 Å². The van der Waals surface area contributed by atoms with Gasteiger partial charge in [0.15, 0.2) is 5.82 Å². The molecular formula is C24H21F2N7S. The van der Waals surface area contributed by atoms with E-state index in [0.717, 1.165) is 33.0 Å². The molecule has 0 aliphatic carbocycles. The number of thiophene rings is 1. The van der Waals surface area contributed by atoms with Crippen LogP contribution in [0.5, 0.6) is 0 Å². The smallest absolute Gasteiger partial charge is 0.223 e. The van der Waals surface area contributed by atoms with Crippen molar-refractivity contribution < 1.29 is 8.78 Å². The normalized spacial score (nSPS) is 12.2. The minimum atomic E-state index is -0.517. The Morgan fingerprint density at radius 3 is 2.82 bits per heavy atom. The average molecular weight is 478 g/mol. The fourth-order valence-corrected chi connectivity index (χ4v) is 4.99. The van der Waals surface area contributed by atoms with Gasteiger partial charge in [0.25, 0.3) is 0 Å². The number of nitrogens with two attached hydrogens (primary N) is 1. The van der Waals surface area contributed by atoms with Gasteiger partial charge in [-0.1, -0.05) is 29.5 Å². The second-order valence-electron chi connectivity index (χ2n) is 7.84. The minimum Gasteiger partial charge on any atom is -0.352 e. The van der Waals surface area contributed by atoms with Crippen molar-refractivity contribution in [2.75, 3.05) is 11.9 Å². The standard InChI is InChI=1S/C24H21F2N7S/c1-14(27)17-6-5-16(25)12-19(17)18-4-2-3-15-11-21(34-23(15)18)22-20(26)13-29-24(31-22)28-7-9-33-10-8-30-32-33/h2-6,8,10-14H,7,9,27H2,1H3,(H,28,29,31). The van der Waals surface area contributed by atoms with E-state index in [1.165, 1.54) is 23.5 Å². The van der Waals surface area contributed by atoms with Gasteiger partial charge < -0.3 is 11.1 Å². The van der Waals surface area contributed by atoms with Crippen molar-refractivity contribution in [2.24, 2.45) is 5.73 Å². The molecule has 0 aliphatic rings. The molecule has 0 amide bonds. The number of halogens is 2. The Morgan fingerprint density at radius 2 is 2.03 bits per heavy atom. The lowest BCUT2D eigenvalue weighted by Crippen LogP contribution is -2.13. The van der Waals surface area contributed by atoms with Gasteiger partial charge in [0.1, 0.15) is 11.5 Å². The SMILES string of the molecule is CC(N)c1ccc(F)cc1-c1cccc2cc(-c3nc(NCCn4ccnn4)ncc3F)sc12. The van der Waals surface area contributed by atoms with E-state index in [1.807, 2.05) is 31.2 Å². The third kappa shape index (κ3) is 4.37. The van der Waals surface area contributed by atoms with E-state index < -0.39 is 5.82 Å². The van der Waals surface area contributed by atoms with Crippen LogP contribution in [0.1, 0.15) is 18.5 Å². The largest absolute Gasteiger partial charge is 0.352 e. The zero-order chi connectivity index (χ0) is 23.7. The molecule has 0 saturated heterocycles. The van der Waals surface area contributed by atoms with Gasteiger partial charge in [-0.15, -0.1) is 16.4 Å². The molecule has 0 spiro atoms. The third-order valence-corrected chi connectivity index (χ3v) is 6.60. The number of nitrogens with one attached hydrogen (secondary N) is 1. The van der Waals surface area contributed by atoms with E-state index in [2.05, 4.69) is 25.6 Å². The van der Waals surface area contributed by atoms with Gasteiger partial charge in [-0.3, -0.25) is 4.68 Å². The lowest BCUT2D eigenvalue weighted by atomic mass is 9.95. The molecule has 5 aromatic rings. The van der Waals surface area contributed by atoms with Crippen molar-refractivity contribution in [3.05, 3.63) is 78.3 Å². The summed E-state index contributed by atoms with van der Waals surface area (Å²) in [4.78, 5) is 9.11. The fraction of sp³-hybridized carbons (Fsp3) is 0.167. The number of hydrogen-bond donors (Lipinski definition) is 2. The van der Waals surface area contributed by atoms with Gasteiger partial charge in [-0.25, -0.2) is 18.7 Å².